The van der Waals surface area contributed by atoms with Gasteiger partial charge in [0.1, 0.15) is 12.4 Å². The second-order valence-corrected chi connectivity index (χ2v) is 7.03. The van der Waals surface area contributed by atoms with Gasteiger partial charge in [-0.15, -0.1) is 0 Å². The summed E-state index contributed by atoms with van der Waals surface area (Å²) < 4.78 is 1.38. The number of aromatic nitrogens is 2. The van der Waals surface area contributed by atoms with Crippen LogP contribution in [0, 0.1) is 6.92 Å². The van der Waals surface area contributed by atoms with Crippen LogP contribution in [-0.4, -0.2) is 22.0 Å². The Morgan fingerprint density at radius 2 is 1.89 bits per heavy atom. The van der Waals surface area contributed by atoms with Gasteiger partial charge in [0.2, 0.25) is 5.91 Å². The Balaban J connectivity index is 1.68. The number of carbonyl (C=O) groups excluding carboxylic acids is 1. The van der Waals surface area contributed by atoms with Gasteiger partial charge in [-0.1, -0.05) is 54.1 Å². The summed E-state index contributed by atoms with van der Waals surface area (Å²) >= 11 is 6.07. The van der Waals surface area contributed by atoms with Crippen molar-refractivity contribution in [3.63, 3.8) is 0 Å². The normalized spacial score (nSPS) is 10.6. The van der Waals surface area contributed by atoms with Crippen LogP contribution in [0.4, 0.5) is 0 Å². The summed E-state index contributed by atoms with van der Waals surface area (Å²) in [5, 5.41) is 3.43. The van der Waals surface area contributed by atoms with E-state index in [9.17, 15) is 9.59 Å². The lowest BCUT2D eigenvalue weighted by atomic mass is 10.1. The van der Waals surface area contributed by atoms with E-state index in [0.29, 0.717) is 28.6 Å². The van der Waals surface area contributed by atoms with E-state index in [4.69, 9.17) is 11.6 Å². The van der Waals surface area contributed by atoms with Crippen molar-refractivity contribution in [1.82, 2.24) is 14.9 Å². The summed E-state index contributed by atoms with van der Waals surface area (Å²) in [6, 6.07) is 18.6. The van der Waals surface area contributed by atoms with Gasteiger partial charge in [0.25, 0.3) is 5.56 Å². The Morgan fingerprint density at radius 3 is 2.64 bits per heavy atom. The predicted octanol–water partition coefficient (Wildman–Crippen LogP) is 3.62. The van der Waals surface area contributed by atoms with Gasteiger partial charge in [0.05, 0.1) is 0 Å². The monoisotopic (exact) mass is 395 g/mol. The van der Waals surface area contributed by atoms with Crippen molar-refractivity contribution in [3.05, 3.63) is 87.3 Å². The molecule has 1 heterocycles. The number of rotatable bonds is 7. The molecule has 0 aliphatic heterocycles. The highest BCUT2D eigenvalue weighted by atomic mass is 35.5. The molecule has 3 rings (SSSR count). The summed E-state index contributed by atoms with van der Waals surface area (Å²) in [5.41, 5.74) is 2.27. The Bertz CT molecular complexity index is 1020. The molecule has 0 radical (unpaired) electrons. The van der Waals surface area contributed by atoms with Crippen LogP contribution in [0.1, 0.15) is 17.7 Å². The van der Waals surface area contributed by atoms with Gasteiger partial charge in [0, 0.05) is 28.9 Å². The molecule has 0 fully saturated rings. The molecule has 0 saturated carbocycles. The maximum absolute atomic E-state index is 12.5. The van der Waals surface area contributed by atoms with E-state index < -0.39 is 0 Å². The lowest BCUT2D eigenvalue weighted by Crippen LogP contribution is -2.34. The molecule has 5 nitrogen and oxygen atoms in total. The molecule has 1 N–H and O–H groups in total. The third-order valence-electron chi connectivity index (χ3n) is 4.33. The number of aryl methyl sites for hydroxylation is 2. The van der Waals surface area contributed by atoms with Crippen LogP contribution in [0.15, 0.2) is 65.5 Å². The molecule has 0 bridgehead atoms. The molecule has 1 amide bonds. The fourth-order valence-electron chi connectivity index (χ4n) is 2.99. The SMILES string of the molecule is Cc1cc(=O)n(CC(=O)NCCCc2ccccc2)c(-c2cccc(Cl)c2)n1. The summed E-state index contributed by atoms with van der Waals surface area (Å²) in [6.07, 6.45) is 1.72. The van der Waals surface area contributed by atoms with Crippen molar-refractivity contribution in [2.45, 2.75) is 26.3 Å². The Labute approximate surface area is 169 Å². The van der Waals surface area contributed by atoms with E-state index in [1.165, 1.54) is 16.2 Å². The molecular weight excluding hydrogens is 374 g/mol. The van der Waals surface area contributed by atoms with Crippen LogP contribution < -0.4 is 10.9 Å². The average molecular weight is 396 g/mol. The van der Waals surface area contributed by atoms with Gasteiger partial charge < -0.3 is 5.32 Å². The van der Waals surface area contributed by atoms with Crippen molar-refractivity contribution >= 4 is 17.5 Å². The van der Waals surface area contributed by atoms with Crippen LogP contribution in [0.5, 0.6) is 0 Å². The van der Waals surface area contributed by atoms with Crippen LogP contribution in [0.2, 0.25) is 5.02 Å². The summed E-state index contributed by atoms with van der Waals surface area (Å²) in [5.74, 6) is 0.219. The van der Waals surface area contributed by atoms with E-state index in [1.807, 2.05) is 24.3 Å². The number of hydrogen-bond acceptors (Lipinski definition) is 3. The zero-order valence-electron chi connectivity index (χ0n) is 15.7. The van der Waals surface area contributed by atoms with Crippen molar-refractivity contribution < 1.29 is 4.79 Å². The first kappa shape index (κ1) is 19.8. The van der Waals surface area contributed by atoms with Crippen molar-refractivity contribution in [3.8, 4) is 11.4 Å². The third-order valence-corrected chi connectivity index (χ3v) is 4.56. The molecule has 0 atom stereocenters. The zero-order valence-corrected chi connectivity index (χ0v) is 16.4. The number of hydrogen-bond donors (Lipinski definition) is 1. The minimum atomic E-state index is -0.262. The summed E-state index contributed by atoms with van der Waals surface area (Å²) in [6.45, 7) is 2.22. The van der Waals surface area contributed by atoms with Crippen molar-refractivity contribution in [2.75, 3.05) is 6.54 Å². The average Bonchev–Trinajstić information content (AvgIpc) is 2.68. The highest BCUT2D eigenvalue weighted by molar-refractivity contribution is 6.30. The number of benzene rings is 2. The molecule has 3 aromatic rings. The highest BCUT2D eigenvalue weighted by Crippen LogP contribution is 2.20. The number of nitrogens with zero attached hydrogens (tertiary/aromatic N) is 2. The summed E-state index contributed by atoms with van der Waals surface area (Å²) in [7, 11) is 0. The van der Waals surface area contributed by atoms with Gasteiger partial charge in [-0.2, -0.15) is 0 Å². The lowest BCUT2D eigenvalue weighted by molar-refractivity contribution is -0.121. The second-order valence-electron chi connectivity index (χ2n) is 6.59. The van der Waals surface area contributed by atoms with Gasteiger partial charge in [0.15, 0.2) is 0 Å². The van der Waals surface area contributed by atoms with Crippen LogP contribution in [0.3, 0.4) is 0 Å². The first-order valence-electron chi connectivity index (χ1n) is 9.18. The third kappa shape index (κ3) is 5.30. The minimum Gasteiger partial charge on any atom is -0.355 e. The maximum Gasteiger partial charge on any atom is 0.254 e. The van der Waals surface area contributed by atoms with Gasteiger partial charge in [-0.05, 0) is 37.5 Å². The van der Waals surface area contributed by atoms with E-state index in [0.717, 1.165) is 12.8 Å². The fraction of sp³-hybridized carbons (Fsp3) is 0.227. The minimum absolute atomic E-state index is 0.0840. The van der Waals surface area contributed by atoms with E-state index in [1.54, 1.807) is 25.1 Å². The highest BCUT2D eigenvalue weighted by Gasteiger charge is 2.13. The number of halogens is 1. The standard InChI is InChI=1S/C22H22ClN3O2/c1-16-13-21(28)26(22(25-16)18-10-5-11-19(23)14-18)15-20(27)24-12-6-9-17-7-3-2-4-8-17/h2-5,7-8,10-11,13-14H,6,9,12,15H2,1H3,(H,24,27). The quantitative estimate of drug-likeness (QED) is 0.621. The Morgan fingerprint density at radius 1 is 1.11 bits per heavy atom. The molecule has 0 aliphatic rings. The van der Waals surface area contributed by atoms with Gasteiger partial charge >= 0.3 is 0 Å². The first-order valence-corrected chi connectivity index (χ1v) is 9.56. The van der Waals surface area contributed by atoms with Gasteiger partial charge in [-0.3, -0.25) is 14.2 Å². The summed E-state index contributed by atoms with van der Waals surface area (Å²) in [4.78, 5) is 29.3. The number of amides is 1. The van der Waals surface area contributed by atoms with Crippen LogP contribution in [-0.2, 0) is 17.8 Å². The first-order chi connectivity index (χ1) is 13.5. The molecule has 28 heavy (non-hydrogen) atoms. The lowest BCUT2D eigenvalue weighted by Gasteiger charge is -2.13. The number of nitrogens with one attached hydrogen (secondary N) is 1. The molecule has 0 saturated heterocycles. The molecule has 1 aromatic heterocycles. The molecule has 0 aliphatic carbocycles. The molecule has 2 aromatic carbocycles. The molecule has 0 spiro atoms. The van der Waals surface area contributed by atoms with Crippen molar-refractivity contribution in [1.29, 1.82) is 0 Å². The Kier molecular flexibility index (Phi) is 6.61. The zero-order chi connectivity index (χ0) is 19.9. The Hall–Kier alpha value is -2.92. The molecule has 0 unspecified atom stereocenters. The second kappa shape index (κ2) is 9.33. The largest absolute Gasteiger partial charge is 0.355 e. The molecular formula is C22H22ClN3O2. The van der Waals surface area contributed by atoms with E-state index >= 15 is 0 Å². The number of carbonyl (C=O) groups is 1. The van der Waals surface area contributed by atoms with E-state index in [2.05, 4.69) is 22.4 Å². The smallest absolute Gasteiger partial charge is 0.254 e. The van der Waals surface area contributed by atoms with Crippen LogP contribution >= 0.6 is 11.6 Å². The fourth-order valence-corrected chi connectivity index (χ4v) is 3.18. The van der Waals surface area contributed by atoms with Gasteiger partial charge in [-0.25, -0.2) is 4.98 Å². The maximum atomic E-state index is 12.5. The van der Waals surface area contributed by atoms with Crippen molar-refractivity contribution in [2.24, 2.45) is 0 Å². The van der Waals surface area contributed by atoms with Crippen LogP contribution in [0.25, 0.3) is 11.4 Å². The molecule has 144 valence electrons. The topological polar surface area (TPSA) is 64.0 Å². The molecule has 6 heteroatoms. The van der Waals surface area contributed by atoms with E-state index in [-0.39, 0.29) is 18.0 Å². The predicted molar refractivity (Wildman–Crippen MR) is 111 cm³/mol.